The number of aromatic nitrogens is 1. The Morgan fingerprint density at radius 1 is 1.33 bits per heavy atom. The summed E-state index contributed by atoms with van der Waals surface area (Å²) in [7, 11) is 0. The fourth-order valence-corrected chi connectivity index (χ4v) is 5.03. The van der Waals surface area contributed by atoms with Crippen molar-refractivity contribution in [3.8, 4) is 16.8 Å². The Hall–Kier alpha value is -3.02. The molecule has 0 saturated carbocycles. The van der Waals surface area contributed by atoms with Crippen LogP contribution in [0.4, 0.5) is 0 Å². The van der Waals surface area contributed by atoms with E-state index in [1.54, 1.807) is 26.2 Å². The average molecular weight is 395 g/mol. The molecule has 1 aliphatic heterocycles. The minimum absolute atomic E-state index is 0.0132. The smallest absolute Gasteiger partial charge is 0.271 e. The number of carbonyl (C=O) groups is 2. The van der Waals surface area contributed by atoms with E-state index in [2.05, 4.69) is 4.98 Å². The Kier molecular flexibility index (Phi) is 4.26. The van der Waals surface area contributed by atoms with E-state index >= 15 is 0 Å². The van der Waals surface area contributed by atoms with Crippen LogP contribution in [0, 0.1) is 11.3 Å². The summed E-state index contributed by atoms with van der Waals surface area (Å²) in [4.78, 5) is 32.3. The number of hydrogen-bond acceptors (Lipinski definition) is 7. The minimum Gasteiger partial charge on any atom is -0.462 e. The fourth-order valence-electron chi connectivity index (χ4n) is 2.89. The van der Waals surface area contributed by atoms with Crippen LogP contribution in [0.25, 0.3) is 26.4 Å². The number of thiazole rings is 1. The van der Waals surface area contributed by atoms with Crippen molar-refractivity contribution < 1.29 is 14.0 Å². The van der Waals surface area contributed by atoms with Crippen LogP contribution in [0.15, 0.2) is 45.6 Å². The van der Waals surface area contributed by atoms with Crippen molar-refractivity contribution in [2.75, 3.05) is 6.54 Å². The third kappa shape index (κ3) is 2.81. The quantitative estimate of drug-likeness (QED) is 0.489. The molecule has 6 nitrogen and oxygen atoms in total. The van der Waals surface area contributed by atoms with Crippen molar-refractivity contribution in [3.05, 3.63) is 46.1 Å². The van der Waals surface area contributed by atoms with Gasteiger partial charge < -0.3 is 4.42 Å². The maximum atomic E-state index is 12.7. The number of amides is 2. The molecule has 0 aliphatic carbocycles. The lowest BCUT2D eigenvalue weighted by Gasteiger charge is -2.26. The topological polar surface area (TPSA) is 87.2 Å². The molecule has 0 saturated heterocycles. The number of hydrogen-bond donors (Lipinski definition) is 0. The molecule has 2 amide bonds. The lowest BCUT2D eigenvalue weighted by Crippen LogP contribution is -2.42. The van der Waals surface area contributed by atoms with Gasteiger partial charge in [-0.05, 0) is 43.7 Å². The molecule has 8 heteroatoms. The summed E-state index contributed by atoms with van der Waals surface area (Å²) in [6.07, 6.45) is 3.34. The Balaban J connectivity index is 1.77. The SMILES string of the molecule is CCN1C(=O)C(C#N)=C(C)/C(=C/c2cc3sc(-c4ccco4)nc3s2)C1=O. The summed E-state index contributed by atoms with van der Waals surface area (Å²) in [6.45, 7) is 3.57. The monoisotopic (exact) mass is 395 g/mol. The molecule has 4 heterocycles. The number of furan rings is 1. The van der Waals surface area contributed by atoms with E-state index in [-0.39, 0.29) is 18.0 Å². The van der Waals surface area contributed by atoms with Crippen LogP contribution < -0.4 is 0 Å². The third-order valence-electron chi connectivity index (χ3n) is 4.27. The Bertz CT molecular complexity index is 1140. The highest BCUT2D eigenvalue weighted by Gasteiger charge is 2.34. The molecular weight excluding hydrogens is 382 g/mol. The number of carbonyl (C=O) groups excluding carboxylic acids is 2. The van der Waals surface area contributed by atoms with Gasteiger partial charge in [-0.25, -0.2) is 4.98 Å². The Labute approximate surface area is 162 Å². The molecule has 3 aromatic heterocycles. The van der Waals surface area contributed by atoms with E-state index in [4.69, 9.17) is 4.42 Å². The van der Waals surface area contributed by atoms with Gasteiger partial charge in [0.1, 0.15) is 16.5 Å². The highest BCUT2D eigenvalue weighted by atomic mass is 32.1. The first kappa shape index (κ1) is 17.4. The average Bonchev–Trinajstić information content (AvgIpc) is 3.35. The van der Waals surface area contributed by atoms with E-state index in [0.717, 1.165) is 30.1 Å². The van der Waals surface area contributed by atoms with E-state index in [1.807, 2.05) is 24.3 Å². The van der Waals surface area contributed by atoms with Crippen LogP contribution in [0.3, 0.4) is 0 Å². The van der Waals surface area contributed by atoms with Gasteiger partial charge in [-0.1, -0.05) is 0 Å². The van der Waals surface area contributed by atoms with Gasteiger partial charge in [0, 0.05) is 17.0 Å². The zero-order valence-corrected chi connectivity index (χ0v) is 16.1. The van der Waals surface area contributed by atoms with E-state index in [1.165, 1.54) is 22.7 Å². The van der Waals surface area contributed by atoms with Gasteiger partial charge in [0.2, 0.25) is 0 Å². The lowest BCUT2D eigenvalue weighted by molar-refractivity contribution is -0.140. The second-order valence-electron chi connectivity index (χ2n) is 5.84. The lowest BCUT2D eigenvalue weighted by atomic mass is 9.95. The first-order valence-corrected chi connectivity index (χ1v) is 9.80. The predicted molar refractivity (Wildman–Crippen MR) is 104 cm³/mol. The second kappa shape index (κ2) is 6.61. The summed E-state index contributed by atoms with van der Waals surface area (Å²) in [6, 6.07) is 7.56. The minimum atomic E-state index is -0.531. The van der Waals surface area contributed by atoms with E-state index < -0.39 is 5.91 Å². The Morgan fingerprint density at radius 3 is 2.78 bits per heavy atom. The van der Waals surface area contributed by atoms with Crippen LogP contribution >= 0.6 is 22.7 Å². The summed E-state index contributed by atoms with van der Waals surface area (Å²) in [5, 5.41) is 10.1. The number of rotatable bonds is 3. The molecule has 27 heavy (non-hydrogen) atoms. The fraction of sp³-hybridized carbons (Fsp3) is 0.158. The molecule has 4 rings (SSSR count). The molecule has 0 atom stereocenters. The zero-order chi connectivity index (χ0) is 19.1. The molecule has 1 aliphatic rings. The van der Waals surface area contributed by atoms with Crippen molar-refractivity contribution in [2.45, 2.75) is 13.8 Å². The number of thiophene rings is 1. The predicted octanol–water partition coefficient (Wildman–Crippen LogP) is 4.23. The van der Waals surface area contributed by atoms with Gasteiger partial charge in [0.25, 0.3) is 11.8 Å². The molecule has 0 spiro atoms. The summed E-state index contributed by atoms with van der Waals surface area (Å²) < 4.78 is 6.37. The van der Waals surface area contributed by atoms with Gasteiger partial charge in [-0.3, -0.25) is 14.5 Å². The third-order valence-corrected chi connectivity index (χ3v) is 6.39. The maximum absolute atomic E-state index is 12.7. The summed E-state index contributed by atoms with van der Waals surface area (Å²) >= 11 is 2.96. The van der Waals surface area contributed by atoms with Crippen molar-refractivity contribution in [1.82, 2.24) is 9.88 Å². The molecule has 0 bridgehead atoms. The Morgan fingerprint density at radius 2 is 2.15 bits per heavy atom. The molecular formula is C19H13N3O3S2. The van der Waals surface area contributed by atoms with Gasteiger partial charge >= 0.3 is 0 Å². The number of fused-ring (bicyclic) bond motifs is 1. The molecule has 3 aromatic rings. The number of nitriles is 1. The summed E-state index contributed by atoms with van der Waals surface area (Å²) in [5.41, 5.74) is 0.797. The molecule has 0 radical (unpaired) electrons. The van der Waals surface area contributed by atoms with Gasteiger partial charge in [-0.2, -0.15) is 5.26 Å². The maximum Gasteiger partial charge on any atom is 0.271 e. The van der Waals surface area contributed by atoms with Gasteiger partial charge in [0.15, 0.2) is 10.8 Å². The summed E-state index contributed by atoms with van der Waals surface area (Å²) in [5.74, 6) is -0.183. The normalized spacial score (nSPS) is 16.6. The highest BCUT2D eigenvalue weighted by molar-refractivity contribution is 7.29. The molecule has 0 unspecified atom stereocenters. The van der Waals surface area contributed by atoms with Crippen LogP contribution in [0.1, 0.15) is 18.7 Å². The highest BCUT2D eigenvalue weighted by Crippen LogP contribution is 2.37. The number of imide groups is 1. The zero-order valence-electron chi connectivity index (χ0n) is 14.5. The van der Waals surface area contributed by atoms with Crippen LogP contribution in [0.2, 0.25) is 0 Å². The standard InChI is InChI=1S/C19H13N3O3S2/c1-3-22-18(23)12(10(2)13(9-20)19(22)24)7-11-8-15-17(26-11)21-16(27-15)14-5-4-6-25-14/h4-8H,3H2,1-2H3/b12-7-. The second-order valence-corrected chi connectivity index (χ2v) is 7.93. The van der Waals surface area contributed by atoms with E-state index in [9.17, 15) is 14.9 Å². The molecule has 0 aromatic carbocycles. The van der Waals surface area contributed by atoms with Gasteiger partial charge in [-0.15, -0.1) is 22.7 Å². The first-order valence-electron chi connectivity index (χ1n) is 8.17. The molecule has 134 valence electrons. The van der Waals surface area contributed by atoms with Gasteiger partial charge in [0.05, 0.1) is 11.0 Å². The van der Waals surface area contributed by atoms with Crippen LogP contribution in [-0.2, 0) is 9.59 Å². The van der Waals surface area contributed by atoms with Crippen molar-refractivity contribution in [2.24, 2.45) is 0 Å². The van der Waals surface area contributed by atoms with Crippen LogP contribution in [0.5, 0.6) is 0 Å². The van der Waals surface area contributed by atoms with Crippen molar-refractivity contribution in [1.29, 1.82) is 5.26 Å². The first-order chi connectivity index (χ1) is 13.0. The molecule has 0 N–H and O–H groups in total. The van der Waals surface area contributed by atoms with E-state index in [0.29, 0.717) is 11.1 Å². The van der Waals surface area contributed by atoms with Crippen molar-refractivity contribution >= 4 is 50.1 Å². The van der Waals surface area contributed by atoms with Crippen LogP contribution in [-0.4, -0.2) is 28.2 Å². The molecule has 0 fully saturated rings. The van der Waals surface area contributed by atoms with Crippen molar-refractivity contribution in [3.63, 3.8) is 0 Å². The number of likely N-dealkylation sites (N-methyl/N-ethyl adjacent to an activating group) is 1. The largest absolute Gasteiger partial charge is 0.462 e. The number of nitrogens with zero attached hydrogens (tertiary/aromatic N) is 3.